The van der Waals surface area contributed by atoms with E-state index in [4.69, 9.17) is 4.84 Å². The van der Waals surface area contributed by atoms with E-state index in [0.717, 1.165) is 11.1 Å². The number of hydroxylamine groups is 1. The Morgan fingerprint density at radius 2 is 1.72 bits per heavy atom. The maximum atomic E-state index is 12.2. The van der Waals surface area contributed by atoms with Crippen LogP contribution in [0.5, 0.6) is 0 Å². The predicted molar refractivity (Wildman–Crippen MR) is 114 cm³/mol. The Morgan fingerprint density at radius 1 is 1.03 bits per heavy atom. The summed E-state index contributed by atoms with van der Waals surface area (Å²) in [5.74, 6) is 0.483. The maximum Gasteiger partial charge on any atom is 0.251 e. The van der Waals surface area contributed by atoms with Crippen LogP contribution in [0.15, 0.2) is 54.6 Å². The summed E-state index contributed by atoms with van der Waals surface area (Å²) in [6.45, 7) is 2.68. The van der Waals surface area contributed by atoms with Crippen LogP contribution < -0.4 is 16.1 Å². The minimum atomic E-state index is -0.322. The van der Waals surface area contributed by atoms with Crippen LogP contribution >= 0.6 is 0 Å². The molecule has 4 rings (SSSR count). The molecule has 2 aliphatic rings. The van der Waals surface area contributed by atoms with Gasteiger partial charge in [-0.15, -0.1) is 0 Å². The van der Waals surface area contributed by atoms with E-state index in [-0.39, 0.29) is 17.8 Å². The molecule has 0 aromatic heterocycles. The van der Waals surface area contributed by atoms with Crippen molar-refractivity contribution in [2.45, 2.75) is 63.9 Å². The summed E-state index contributed by atoms with van der Waals surface area (Å²) >= 11 is 0. The first-order valence-corrected chi connectivity index (χ1v) is 10.8. The number of hydrogen-bond acceptors (Lipinski definition) is 4. The SMILES string of the molecule is CC1(C2CCCCCC2)NC(c2ccc(CNC(=O)c3ccccc3)cc2)NO1. The average Bonchev–Trinajstić information content (AvgIpc) is 2.98. The van der Waals surface area contributed by atoms with Crippen LogP contribution in [-0.4, -0.2) is 11.6 Å². The molecule has 2 unspecified atom stereocenters. The number of nitrogens with one attached hydrogen (secondary N) is 3. The zero-order valence-corrected chi connectivity index (χ0v) is 17.1. The Labute approximate surface area is 173 Å². The van der Waals surface area contributed by atoms with Crippen molar-refractivity contribution in [2.75, 3.05) is 0 Å². The quantitative estimate of drug-likeness (QED) is 0.658. The summed E-state index contributed by atoms with van der Waals surface area (Å²) in [6, 6.07) is 17.6. The summed E-state index contributed by atoms with van der Waals surface area (Å²) in [5, 5.41) is 6.64. The molecule has 1 heterocycles. The van der Waals surface area contributed by atoms with Gasteiger partial charge in [-0.05, 0) is 43.0 Å². The molecule has 0 spiro atoms. The number of hydrogen-bond donors (Lipinski definition) is 3. The monoisotopic (exact) mass is 393 g/mol. The summed E-state index contributed by atoms with van der Waals surface area (Å²) < 4.78 is 0. The molecule has 1 aliphatic carbocycles. The molecular formula is C24H31N3O2. The zero-order valence-electron chi connectivity index (χ0n) is 17.1. The summed E-state index contributed by atoms with van der Waals surface area (Å²) in [6.07, 6.45) is 7.68. The normalized spacial score (nSPS) is 25.5. The van der Waals surface area contributed by atoms with Gasteiger partial charge in [0.25, 0.3) is 5.91 Å². The van der Waals surface area contributed by atoms with Gasteiger partial charge >= 0.3 is 0 Å². The van der Waals surface area contributed by atoms with Crippen LogP contribution in [0.2, 0.25) is 0 Å². The Bertz CT molecular complexity index is 801. The molecule has 5 heteroatoms. The highest BCUT2D eigenvalue weighted by Crippen LogP contribution is 2.36. The molecule has 2 atom stereocenters. The highest BCUT2D eigenvalue weighted by molar-refractivity contribution is 5.94. The lowest BCUT2D eigenvalue weighted by molar-refractivity contribution is -0.0929. The highest BCUT2D eigenvalue weighted by Gasteiger charge is 2.42. The second-order valence-corrected chi connectivity index (χ2v) is 8.38. The minimum absolute atomic E-state index is 0.0174. The van der Waals surface area contributed by atoms with Crippen molar-refractivity contribution in [2.24, 2.45) is 5.92 Å². The lowest BCUT2D eigenvalue weighted by Crippen LogP contribution is -2.45. The van der Waals surface area contributed by atoms with E-state index in [9.17, 15) is 4.79 Å². The third-order valence-corrected chi connectivity index (χ3v) is 6.26. The largest absolute Gasteiger partial charge is 0.348 e. The van der Waals surface area contributed by atoms with Crippen molar-refractivity contribution in [3.8, 4) is 0 Å². The summed E-state index contributed by atoms with van der Waals surface area (Å²) in [7, 11) is 0. The highest BCUT2D eigenvalue weighted by atomic mass is 16.7. The molecule has 5 nitrogen and oxygen atoms in total. The lowest BCUT2D eigenvalue weighted by atomic mass is 9.89. The topological polar surface area (TPSA) is 62.4 Å². The van der Waals surface area contributed by atoms with E-state index in [2.05, 4.69) is 47.3 Å². The maximum absolute atomic E-state index is 12.2. The second kappa shape index (κ2) is 9.08. The van der Waals surface area contributed by atoms with E-state index >= 15 is 0 Å². The first kappa shape index (κ1) is 20.1. The predicted octanol–water partition coefficient (Wildman–Crippen LogP) is 4.43. The molecule has 1 amide bonds. The molecule has 29 heavy (non-hydrogen) atoms. The van der Waals surface area contributed by atoms with Gasteiger partial charge in [-0.25, -0.2) is 0 Å². The number of benzene rings is 2. The van der Waals surface area contributed by atoms with E-state index in [1.807, 2.05) is 30.3 Å². The minimum Gasteiger partial charge on any atom is -0.348 e. The smallest absolute Gasteiger partial charge is 0.251 e. The van der Waals surface area contributed by atoms with Crippen molar-refractivity contribution < 1.29 is 9.63 Å². The molecule has 1 aliphatic heterocycles. The molecule has 0 radical (unpaired) electrons. The lowest BCUT2D eigenvalue weighted by Gasteiger charge is -2.32. The Kier molecular flexibility index (Phi) is 6.28. The Balaban J connectivity index is 1.33. The Hall–Kier alpha value is -2.21. The number of rotatable bonds is 5. The fourth-order valence-electron chi connectivity index (χ4n) is 4.41. The van der Waals surface area contributed by atoms with Crippen LogP contribution in [-0.2, 0) is 11.4 Å². The fourth-order valence-corrected chi connectivity index (χ4v) is 4.41. The van der Waals surface area contributed by atoms with Crippen molar-refractivity contribution in [1.82, 2.24) is 16.1 Å². The van der Waals surface area contributed by atoms with Crippen LogP contribution in [0.3, 0.4) is 0 Å². The van der Waals surface area contributed by atoms with Crippen LogP contribution in [0.4, 0.5) is 0 Å². The van der Waals surface area contributed by atoms with Gasteiger partial charge in [-0.1, -0.05) is 68.1 Å². The molecule has 3 N–H and O–H groups in total. The van der Waals surface area contributed by atoms with Crippen LogP contribution in [0, 0.1) is 5.92 Å². The van der Waals surface area contributed by atoms with Crippen molar-refractivity contribution in [3.05, 3.63) is 71.3 Å². The molecule has 2 aromatic rings. The molecule has 1 saturated carbocycles. The van der Waals surface area contributed by atoms with Gasteiger partial charge in [0, 0.05) is 18.0 Å². The van der Waals surface area contributed by atoms with Gasteiger partial charge in [0.2, 0.25) is 0 Å². The molecule has 2 fully saturated rings. The standard InChI is InChI=1S/C24H31N3O2/c1-24(21-11-7-2-3-8-12-21)26-22(27-29-24)19-15-13-18(14-16-19)17-25-23(28)20-9-5-4-6-10-20/h4-6,9-10,13-16,21-22,26-27H,2-3,7-8,11-12,17H2,1H3,(H,25,28). The zero-order chi connectivity index (χ0) is 20.1. The van der Waals surface area contributed by atoms with E-state index in [1.54, 1.807) is 0 Å². The number of carbonyl (C=O) groups is 1. The third-order valence-electron chi connectivity index (χ3n) is 6.26. The van der Waals surface area contributed by atoms with Gasteiger partial charge in [0.05, 0.1) is 0 Å². The van der Waals surface area contributed by atoms with Gasteiger partial charge in [0.15, 0.2) is 0 Å². The molecule has 2 aromatic carbocycles. The summed E-state index contributed by atoms with van der Waals surface area (Å²) in [5.41, 5.74) is 5.76. The van der Waals surface area contributed by atoms with E-state index in [0.29, 0.717) is 18.0 Å². The molecule has 1 saturated heterocycles. The van der Waals surface area contributed by atoms with E-state index in [1.165, 1.54) is 38.5 Å². The van der Waals surface area contributed by atoms with Crippen molar-refractivity contribution in [3.63, 3.8) is 0 Å². The van der Waals surface area contributed by atoms with Gasteiger partial charge < -0.3 is 5.32 Å². The number of amides is 1. The third kappa shape index (κ3) is 4.86. The van der Waals surface area contributed by atoms with Crippen LogP contribution in [0.25, 0.3) is 0 Å². The van der Waals surface area contributed by atoms with Gasteiger partial charge in [0.1, 0.15) is 11.9 Å². The van der Waals surface area contributed by atoms with Gasteiger partial charge in [-0.3, -0.25) is 14.9 Å². The second-order valence-electron chi connectivity index (χ2n) is 8.38. The first-order chi connectivity index (χ1) is 14.1. The molecular weight excluding hydrogens is 362 g/mol. The average molecular weight is 394 g/mol. The van der Waals surface area contributed by atoms with Crippen molar-refractivity contribution in [1.29, 1.82) is 0 Å². The number of carbonyl (C=O) groups excluding carboxylic acids is 1. The van der Waals surface area contributed by atoms with Gasteiger partial charge in [-0.2, -0.15) is 5.48 Å². The Morgan fingerprint density at radius 3 is 2.41 bits per heavy atom. The summed E-state index contributed by atoms with van der Waals surface area (Å²) in [4.78, 5) is 18.2. The van der Waals surface area contributed by atoms with E-state index < -0.39 is 0 Å². The first-order valence-electron chi connectivity index (χ1n) is 10.8. The van der Waals surface area contributed by atoms with Crippen LogP contribution in [0.1, 0.15) is 73.1 Å². The fraction of sp³-hybridized carbons (Fsp3) is 0.458. The van der Waals surface area contributed by atoms with Crippen molar-refractivity contribution >= 4 is 5.91 Å². The molecule has 0 bridgehead atoms. The molecule has 154 valence electrons.